The topological polar surface area (TPSA) is 52.2 Å². The Kier molecular flexibility index (Phi) is 4.18. The Hall–Kier alpha value is -2.08. The lowest BCUT2D eigenvalue weighted by Crippen LogP contribution is -2.39. The van der Waals surface area contributed by atoms with Gasteiger partial charge in [0.25, 0.3) is 5.56 Å². The quantitative estimate of drug-likeness (QED) is 0.655. The average Bonchev–Trinajstić information content (AvgIpc) is 3.06. The van der Waals surface area contributed by atoms with E-state index in [2.05, 4.69) is 60.7 Å². The van der Waals surface area contributed by atoms with Gasteiger partial charge in [-0.15, -0.1) is 10.2 Å². The number of thioether (sulfide) groups is 1. The molecule has 0 unspecified atom stereocenters. The number of fused-ring (bicyclic) bond motifs is 4. The van der Waals surface area contributed by atoms with E-state index in [1.165, 1.54) is 5.56 Å². The second kappa shape index (κ2) is 6.27. The minimum atomic E-state index is -0.190. The Balaban J connectivity index is 2.20. The van der Waals surface area contributed by atoms with Gasteiger partial charge in [-0.2, -0.15) is 0 Å². The van der Waals surface area contributed by atoms with Crippen molar-refractivity contribution in [1.82, 2.24) is 19.2 Å². The number of aryl methyl sites for hydroxylation is 1. The molecule has 2 aromatic heterocycles. The summed E-state index contributed by atoms with van der Waals surface area (Å²) < 4.78 is 3.88. The molecule has 0 fully saturated rings. The first-order chi connectivity index (χ1) is 12.6. The summed E-state index contributed by atoms with van der Waals surface area (Å²) in [4.78, 5) is 13.6. The molecule has 0 aliphatic heterocycles. The molecule has 26 heavy (non-hydrogen) atoms. The van der Waals surface area contributed by atoms with Gasteiger partial charge in [0.05, 0.1) is 5.69 Å². The molecule has 0 bridgehead atoms. The summed E-state index contributed by atoms with van der Waals surface area (Å²) in [6.45, 7) is 9.30. The predicted molar refractivity (Wildman–Crippen MR) is 106 cm³/mol. The Bertz CT molecular complexity index is 1050. The largest absolute Gasteiger partial charge is 0.309 e. The molecule has 5 nitrogen and oxygen atoms in total. The second-order valence-electron chi connectivity index (χ2n) is 7.07. The van der Waals surface area contributed by atoms with Crippen molar-refractivity contribution in [1.29, 1.82) is 0 Å². The highest BCUT2D eigenvalue weighted by Crippen LogP contribution is 2.43. The lowest BCUT2D eigenvalue weighted by Gasteiger charge is -2.37. The molecule has 0 saturated heterocycles. The fourth-order valence-corrected chi connectivity index (χ4v) is 4.78. The summed E-state index contributed by atoms with van der Waals surface area (Å²) >= 11 is 1.56. The van der Waals surface area contributed by atoms with Crippen molar-refractivity contribution in [3.05, 3.63) is 45.7 Å². The summed E-state index contributed by atoms with van der Waals surface area (Å²) in [5, 5.41) is 9.38. The number of rotatable bonds is 4. The van der Waals surface area contributed by atoms with Gasteiger partial charge in [-0.05, 0) is 31.1 Å². The van der Waals surface area contributed by atoms with E-state index in [9.17, 15) is 4.79 Å². The van der Waals surface area contributed by atoms with E-state index in [1.54, 1.807) is 16.2 Å². The van der Waals surface area contributed by atoms with Crippen molar-refractivity contribution in [2.75, 3.05) is 5.75 Å². The summed E-state index contributed by atoms with van der Waals surface area (Å²) in [5.74, 6) is 1.50. The number of hydrogen-bond acceptors (Lipinski definition) is 4. The molecule has 2 heterocycles. The van der Waals surface area contributed by atoms with Crippen LogP contribution < -0.4 is 5.56 Å². The van der Waals surface area contributed by atoms with E-state index >= 15 is 0 Å². The van der Waals surface area contributed by atoms with Crippen LogP contribution in [-0.4, -0.2) is 24.9 Å². The van der Waals surface area contributed by atoms with Crippen molar-refractivity contribution in [3.8, 4) is 11.3 Å². The summed E-state index contributed by atoms with van der Waals surface area (Å²) in [7, 11) is 0. The smallest absolute Gasteiger partial charge is 0.265 e. The number of nitrogens with zero attached hydrogens (tertiary/aromatic N) is 4. The second-order valence-corrected chi connectivity index (χ2v) is 8.30. The molecule has 1 atom stereocenters. The van der Waals surface area contributed by atoms with Gasteiger partial charge in [-0.25, -0.2) is 4.40 Å². The lowest BCUT2D eigenvalue weighted by molar-refractivity contribution is 0.435. The Morgan fingerprint density at radius 1 is 1.19 bits per heavy atom. The maximum absolute atomic E-state index is 13.6. The third-order valence-electron chi connectivity index (χ3n) is 5.61. The number of aromatic nitrogens is 4. The SMILES string of the molecule is CCSc1nnc2n(CC)c3c(c(=O)n12)[C@](C)(CC)Cc1ccccc1-3. The molecule has 0 saturated carbocycles. The van der Waals surface area contributed by atoms with E-state index < -0.39 is 0 Å². The maximum Gasteiger partial charge on any atom is 0.265 e. The van der Waals surface area contributed by atoms with E-state index in [0.29, 0.717) is 10.9 Å². The van der Waals surface area contributed by atoms with Crippen LogP contribution in [0.1, 0.15) is 45.2 Å². The minimum Gasteiger partial charge on any atom is -0.309 e. The fraction of sp³-hybridized carbons (Fsp3) is 0.450. The molecular weight excluding hydrogens is 344 g/mol. The zero-order valence-corrected chi connectivity index (χ0v) is 16.6. The molecule has 6 heteroatoms. The monoisotopic (exact) mass is 368 g/mol. The molecule has 0 spiro atoms. The van der Waals surface area contributed by atoms with Gasteiger partial charge in [0.1, 0.15) is 0 Å². The van der Waals surface area contributed by atoms with Crippen molar-refractivity contribution < 1.29 is 0 Å². The molecule has 4 rings (SSSR count). The van der Waals surface area contributed by atoms with Crippen LogP contribution in [0, 0.1) is 0 Å². The van der Waals surface area contributed by atoms with Gasteiger partial charge in [0.2, 0.25) is 5.78 Å². The van der Waals surface area contributed by atoms with Crippen LogP contribution in [-0.2, 0) is 18.4 Å². The third-order valence-corrected chi connectivity index (χ3v) is 6.42. The van der Waals surface area contributed by atoms with Crippen molar-refractivity contribution in [2.45, 2.75) is 57.7 Å². The van der Waals surface area contributed by atoms with Crippen molar-refractivity contribution in [2.24, 2.45) is 0 Å². The summed E-state index contributed by atoms with van der Waals surface area (Å²) in [6, 6.07) is 8.45. The van der Waals surface area contributed by atoms with Gasteiger partial charge in [-0.1, -0.05) is 56.8 Å². The molecule has 1 aliphatic rings. The van der Waals surface area contributed by atoms with Gasteiger partial charge in [-0.3, -0.25) is 4.79 Å². The van der Waals surface area contributed by atoms with Crippen molar-refractivity contribution >= 4 is 17.5 Å². The first-order valence-corrected chi connectivity index (χ1v) is 10.3. The molecule has 0 amide bonds. The number of hydrogen-bond donors (Lipinski definition) is 0. The van der Waals surface area contributed by atoms with Gasteiger partial charge in [0, 0.05) is 23.1 Å². The Morgan fingerprint density at radius 2 is 1.96 bits per heavy atom. The zero-order chi connectivity index (χ0) is 18.5. The average molecular weight is 369 g/mol. The predicted octanol–water partition coefficient (Wildman–Crippen LogP) is 3.91. The Labute approximate surface area is 157 Å². The first-order valence-electron chi connectivity index (χ1n) is 9.29. The zero-order valence-electron chi connectivity index (χ0n) is 15.7. The maximum atomic E-state index is 13.6. The van der Waals surface area contributed by atoms with Crippen LogP contribution in [0.2, 0.25) is 0 Å². The van der Waals surface area contributed by atoms with Gasteiger partial charge in [0.15, 0.2) is 5.16 Å². The van der Waals surface area contributed by atoms with E-state index in [0.717, 1.165) is 42.0 Å². The molecule has 0 radical (unpaired) electrons. The normalized spacial score (nSPS) is 18.8. The van der Waals surface area contributed by atoms with E-state index in [4.69, 9.17) is 0 Å². The lowest BCUT2D eigenvalue weighted by atomic mass is 9.69. The van der Waals surface area contributed by atoms with Gasteiger partial charge < -0.3 is 4.57 Å². The van der Waals surface area contributed by atoms with Crippen molar-refractivity contribution in [3.63, 3.8) is 0 Å². The van der Waals surface area contributed by atoms with Crippen LogP contribution in [0.5, 0.6) is 0 Å². The highest BCUT2D eigenvalue weighted by atomic mass is 32.2. The molecule has 1 aliphatic carbocycles. The van der Waals surface area contributed by atoms with Crippen LogP contribution in [0.15, 0.2) is 34.2 Å². The first kappa shape index (κ1) is 17.3. The molecule has 1 aromatic carbocycles. The standard InChI is InChI=1S/C20H24N4OS/c1-5-20(4)12-13-10-8-9-11-14(13)16-15(20)17(25)24-18(23(16)6-2)21-22-19(24)26-7-3/h8-11H,5-7,12H2,1-4H3/t20-/m1/s1. The van der Waals surface area contributed by atoms with E-state index in [-0.39, 0.29) is 11.0 Å². The third kappa shape index (κ3) is 2.28. The molecule has 0 N–H and O–H groups in total. The highest BCUT2D eigenvalue weighted by molar-refractivity contribution is 7.99. The molecule has 3 aromatic rings. The van der Waals surface area contributed by atoms with Crippen LogP contribution >= 0.6 is 11.8 Å². The summed E-state index contributed by atoms with van der Waals surface area (Å²) in [6.07, 6.45) is 1.80. The van der Waals surface area contributed by atoms with E-state index in [1.807, 2.05) is 6.07 Å². The Morgan fingerprint density at radius 3 is 2.65 bits per heavy atom. The van der Waals surface area contributed by atoms with Crippen LogP contribution in [0.4, 0.5) is 0 Å². The molecule has 136 valence electrons. The van der Waals surface area contributed by atoms with Crippen LogP contribution in [0.25, 0.3) is 17.0 Å². The number of benzene rings is 1. The highest BCUT2D eigenvalue weighted by Gasteiger charge is 2.39. The molecular formula is C20H24N4OS. The van der Waals surface area contributed by atoms with Gasteiger partial charge >= 0.3 is 0 Å². The minimum absolute atomic E-state index is 0.0412. The summed E-state index contributed by atoms with van der Waals surface area (Å²) in [5.41, 5.74) is 4.24. The fourth-order valence-electron chi connectivity index (χ4n) is 4.13. The van der Waals surface area contributed by atoms with Crippen LogP contribution in [0.3, 0.4) is 0 Å².